The molecule has 1 fully saturated rings. The molecule has 1 saturated carbocycles. The van der Waals surface area contributed by atoms with Crippen molar-refractivity contribution in [3.8, 4) is 0 Å². The quantitative estimate of drug-likeness (QED) is 0.689. The first-order valence-electron chi connectivity index (χ1n) is 7.79. The SMILES string of the molecule is CCCNCCCc1ccc(S(=O)(=O)NC2(C)CC2)cc1. The van der Waals surface area contributed by atoms with E-state index in [1.165, 1.54) is 5.56 Å². The van der Waals surface area contributed by atoms with Crippen LogP contribution in [0, 0.1) is 0 Å². The molecule has 1 aromatic rings. The zero-order valence-corrected chi connectivity index (χ0v) is 13.8. The fraction of sp³-hybridized carbons (Fsp3) is 0.625. The van der Waals surface area contributed by atoms with Gasteiger partial charge in [-0.05, 0) is 69.8 Å². The summed E-state index contributed by atoms with van der Waals surface area (Å²) in [4.78, 5) is 0.364. The number of nitrogens with one attached hydrogen (secondary N) is 2. The Hall–Kier alpha value is -0.910. The highest BCUT2D eigenvalue weighted by atomic mass is 32.2. The van der Waals surface area contributed by atoms with Crippen molar-refractivity contribution in [2.75, 3.05) is 13.1 Å². The summed E-state index contributed by atoms with van der Waals surface area (Å²) in [6, 6.07) is 7.26. The standard InChI is InChI=1S/C16H26N2O2S/c1-3-12-17-13-4-5-14-6-8-15(9-7-14)21(19,20)18-16(2)10-11-16/h6-9,17-18H,3-5,10-13H2,1-2H3. The lowest BCUT2D eigenvalue weighted by molar-refractivity contribution is 0.558. The molecule has 2 rings (SSSR count). The van der Waals surface area contributed by atoms with Crippen LogP contribution < -0.4 is 10.0 Å². The summed E-state index contributed by atoms with van der Waals surface area (Å²) in [5, 5.41) is 3.37. The van der Waals surface area contributed by atoms with Crippen LogP contribution in [-0.4, -0.2) is 27.0 Å². The molecule has 4 nitrogen and oxygen atoms in total. The van der Waals surface area contributed by atoms with E-state index in [1.54, 1.807) is 12.1 Å². The van der Waals surface area contributed by atoms with E-state index in [-0.39, 0.29) is 5.54 Å². The molecule has 0 spiro atoms. The Morgan fingerprint density at radius 3 is 2.38 bits per heavy atom. The molecule has 1 aliphatic carbocycles. The van der Waals surface area contributed by atoms with Crippen molar-refractivity contribution in [1.29, 1.82) is 0 Å². The van der Waals surface area contributed by atoms with Gasteiger partial charge in [-0.2, -0.15) is 0 Å². The second-order valence-electron chi connectivity index (χ2n) is 6.16. The van der Waals surface area contributed by atoms with E-state index in [1.807, 2.05) is 19.1 Å². The van der Waals surface area contributed by atoms with Crippen LogP contribution in [0.2, 0.25) is 0 Å². The maximum absolute atomic E-state index is 12.2. The summed E-state index contributed by atoms with van der Waals surface area (Å²) < 4.78 is 27.2. The highest BCUT2D eigenvalue weighted by Gasteiger charge is 2.41. The largest absolute Gasteiger partial charge is 0.317 e. The molecule has 0 aromatic heterocycles. The van der Waals surface area contributed by atoms with E-state index in [0.717, 1.165) is 45.2 Å². The minimum Gasteiger partial charge on any atom is -0.317 e. The zero-order valence-electron chi connectivity index (χ0n) is 13.0. The predicted molar refractivity (Wildman–Crippen MR) is 85.9 cm³/mol. The van der Waals surface area contributed by atoms with Gasteiger partial charge in [0.1, 0.15) is 0 Å². The van der Waals surface area contributed by atoms with E-state index in [2.05, 4.69) is 17.0 Å². The summed E-state index contributed by atoms with van der Waals surface area (Å²) >= 11 is 0. The maximum atomic E-state index is 12.2. The number of benzene rings is 1. The summed E-state index contributed by atoms with van der Waals surface area (Å²) in [7, 11) is -3.37. The molecule has 0 bridgehead atoms. The van der Waals surface area contributed by atoms with Gasteiger partial charge in [0.25, 0.3) is 0 Å². The van der Waals surface area contributed by atoms with Crippen molar-refractivity contribution in [3.63, 3.8) is 0 Å². The van der Waals surface area contributed by atoms with Crippen molar-refractivity contribution >= 4 is 10.0 Å². The molecular formula is C16H26N2O2S. The predicted octanol–water partition coefficient (Wildman–Crippen LogP) is 2.45. The zero-order chi connectivity index (χ0) is 15.3. The Kier molecular flexibility index (Phi) is 5.41. The molecule has 5 heteroatoms. The molecule has 21 heavy (non-hydrogen) atoms. The van der Waals surface area contributed by atoms with Crippen LogP contribution >= 0.6 is 0 Å². The number of hydrogen-bond acceptors (Lipinski definition) is 3. The molecule has 0 atom stereocenters. The molecule has 1 aliphatic rings. The number of aryl methyl sites for hydroxylation is 1. The molecule has 0 aliphatic heterocycles. The third-order valence-electron chi connectivity index (χ3n) is 3.86. The molecule has 0 radical (unpaired) electrons. The lowest BCUT2D eigenvalue weighted by Crippen LogP contribution is -2.34. The Balaban J connectivity index is 1.86. The Labute approximate surface area is 128 Å². The highest BCUT2D eigenvalue weighted by Crippen LogP contribution is 2.35. The Bertz CT molecular complexity index is 548. The molecule has 0 saturated heterocycles. The van der Waals surface area contributed by atoms with Gasteiger partial charge in [-0.25, -0.2) is 13.1 Å². The monoisotopic (exact) mass is 310 g/mol. The van der Waals surface area contributed by atoms with E-state index >= 15 is 0 Å². The molecule has 2 N–H and O–H groups in total. The Morgan fingerprint density at radius 1 is 1.14 bits per heavy atom. The first-order valence-corrected chi connectivity index (χ1v) is 9.27. The van der Waals surface area contributed by atoms with Crippen LogP contribution in [0.3, 0.4) is 0 Å². The maximum Gasteiger partial charge on any atom is 0.241 e. The average Bonchev–Trinajstić information content (AvgIpc) is 3.15. The van der Waals surface area contributed by atoms with Gasteiger partial charge in [-0.15, -0.1) is 0 Å². The summed E-state index contributed by atoms with van der Waals surface area (Å²) in [6.07, 6.45) is 5.05. The third-order valence-corrected chi connectivity index (χ3v) is 5.51. The molecule has 0 amide bonds. The molecule has 118 valence electrons. The van der Waals surface area contributed by atoms with Crippen LogP contribution in [0.25, 0.3) is 0 Å². The summed E-state index contributed by atoms with van der Waals surface area (Å²) in [5.74, 6) is 0. The smallest absolute Gasteiger partial charge is 0.241 e. The van der Waals surface area contributed by atoms with E-state index in [0.29, 0.717) is 4.90 Å². The van der Waals surface area contributed by atoms with Crippen LogP contribution in [0.5, 0.6) is 0 Å². The van der Waals surface area contributed by atoms with Gasteiger partial charge in [0.2, 0.25) is 10.0 Å². The molecule has 0 heterocycles. The van der Waals surface area contributed by atoms with Gasteiger partial charge in [-0.3, -0.25) is 0 Å². The van der Waals surface area contributed by atoms with Crippen molar-refractivity contribution < 1.29 is 8.42 Å². The lowest BCUT2D eigenvalue weighted by Gasteiger charge is -2.12. The van der Waals surface area contributed by atoms with Gasteiger partial charge < -0.3 is 5.32 Å². The molecule has 0 unspecified atom stereocenters. The second kappa shape index (κ2) is 6.90. The minimum atomic E-state index is -3.37. The van der Waals surface area contributed by atoms with Gasteiger partial charge in [0, 0.05) is 5.54 Å². The molecular weight excluding hydrogens is 284 g/mol. The van der Waals surface area contributed by atoms with Crippen molar-refractivity contribution in [2.24, 2.45) is 0 Å². The van der Waals surface area contributed by atoms with Crippen molar-refractivity contribution in [2.45, 2.75) is 56.4 Å². The third kappa shape index (κ3) is 5.09. The van der Waals surface area contributed by atoms with Crippen LogP contribution in [0.1, 0.15) is 45.1 Å². The highest BCUT2D eigenvalue weighted by molar-refractivity contribution is 7.89. The van der Waals surface area contributed by atoms with Gasteiger partial charge in [0.15, 0.2) is 0 Å². The normalized spacial score (nSPS) is 16.9. The van der Waals surface area contributed by atoms with Gasteiger partial charge in [0.05, 0.1) is 4.90 Å². The minimum absolute atomic E-state index is 0.220. The first kappa shape index (κ1) is 16.5. The first-order chi connectivity index (χ1) is 9.95. The lowest BCUT2D eigenvalue weighted by atomic mass is 10.1. The van der Waals surface area contributed by atoms with Crippen LogP contribution in [0.15, 0.2) is 29.2 Å². The molecule has 1 aromatic carbocycles. The van der Waals surface area contributed by atoms with E-state index in [9.17, 15) is 8.42 Å². The number of hydrogen-bond donors (Lipinski definition) is 2. The Morgan fingerprint density at radius 2 is 1.81 bits per heavy atom. The number of rotatable bonds is 9. The fourth-order valence-corrected chi connectivity index (χ4v) is 3.69. The summed E-state index contributed by atoms with van der Waals surface area (Å²) in [5.41, 5.74) is 0.965. The summed E-state index contributed by atoms with van der Waals surface area (Å²) in [6.45, 7) is 6.17. The van der Waals surface area contributed by atoms with Crippen LogP contribution in [0.4, 0.5) is 0 Å². The van der Waals surface area contributed by atoms with Crippen molar-refractivity contribution in [1.82, 2.24) is 10.0 Å². The van der Waals surface area contributed by atoms with Crippen LogP contribution in [-0.2, 0) is 16.4 Å². The second-order valence-corrected chi connectivity index (χ2v) is 7.85. The van der Waals surface area contributed by atoms with E-state index < -0.39 is 10.0 Å². The topological polar surface area (TPSA) is 58.2 Å². The average molecular weight is 310 g/mol. The fourth-order valence-electron chi connectivity index (χ4n) is 2.23. The number of sulfonamides is 1. The van der Waals surface area contributed by atoms with Gasteiger partial charge in [-0.1, -0.05) is 19.1 Å². The van der Waals surface area contributed by atoms with Crippen molar-refractivity contribution in [3.05, 3.63) is 29.8 Å². The van der Waals surface area contributed by atoms with Gasteiger partial charge >= 0.3 is 0 Å². The van der Waals surface area contributed by atoms with E-state index in [4.69, 9.17) is 0 Å².